The first-order chi connectivity index (χ1) is 20.2. The largest absolute Gasteiger partial charge is 0.355 e. The number of piperazine rings is 1. The number of anilines is 1. The lowest BCUT2D eigenvalue weighted by Gasteiger charge is -2.59. The zero-order valence-corrected chi connectivity index (χ0v) is 23.6. The molecule has 6 atom stereocenters. The minimum absolute atomic E-state index is 0.182. The molecule has 0 spiro atoms. The van der Waals surface area contributed by atoms with Crippen molar-refractivity contribution in [1.82, 2.24) is 9.88 Å². The number of nitrogens with zero attached hydrogens (tertiary/aromatic N) is 4. The molecule has 0 radical (unpaired) electrons. The molecule has 41 heavy (non-hydrogen) atoms. The fourth-order valence-corrected chi connectivity index (χ4v) is 7.71. The summed E-state index contributed by atoms with van der Waals surface area (Å²) in [5, 5.41) is 9.51. The highest BCUT2D eigenvalue weighted by atomic mass is 15.4. The van der Waals surface area contributed by atoms with Crippen molar-refractivity contribution in [2.45, 2.75) is 62.8 Å². The highest BCUT2D eigenvalue weighted by Gasteiger charge is 2.49. The average molecular weight is 537 g/mol. The molecule has 4 heteroatoms. The third-order valence-corrected chi connectivity index (χ3v) is 9.67. The van der Waals surface area contributed by atoms with Crippen molar-refractivity contribution in [2.75, 3.05) is 4.90 Å². The molecular weight excluding hydrogens is 500 g/mol. The van der Waals surface area contributed by atoms with E-state index in [0.29, 0.717) is 29.9 Å². The molecule has 4 nitrogen and oxygen atoms in total. The number of fused-ring (bicyclic) bond motifs is 2. The van der Waals surface area contributed by atoms with Crippen LogP contribution in [0, 0.1) is 16.7 Å². The van der Waals surface area contributed by atoms with Gasteiger partial charge in [-0.3, -0.25) is 4.90 Å². The maximum atomic E-state index is 9.51. The summed E-state index contributed by atoms with van der Waals surface area (Å²) >= 11 is 0. The first-order valence-electron chi connectivity index (χ1n) is 14.9. The number of hydrogen-bond donors (Lipinski definition) is 0. The fourth-order valence-electron chi connectivity index (χ4n) is 7.71. The van der Waals surface area contributed by atoms with Crippen molar-refractivity contribution < 1.29 is 0 Å². The van der Waals surface area contributed by atoms with Crippen LogP contribution in [-0.2, 0) is 0 Å². The predicted molar refractivity (Wildman–Crippen MR) is 167 cm³/mol. The van der Waals surface area contributed by atoms with Gasteiger partial charge in [0.1, 0.15) is 11.8 Å². The van der Waals surface area contributed by atoms with E-state index in [2.05, 4.69) is 126 Å². The minimum Gasteiger partial charge on any atom is -0.355 e. The fraction of sp³-hybridized carbons (Fsp3) is 0.297. The second kappa shape index (κ2) is 10.7. The number of rotatable bonds is 4. The van der Waals surface area contributed by atoms with Crippen LogP contribution in [0.3, 0.4) is 0 Å². The Hall–Kier alpha value is -4.20. The van der Waals surface area contributed by atoms with Crippen LogP contribution < -0.4 is 4.90 Å². The average Bonchev–Trinajstić information content (AvgIpc) is 3.04. The van der Waals surface area contributed by atoms with Crippen LogP contribution in [0.1, 0.15) is 44.0 Å². The number of hydrogen-bond acceptors (Lipinski definition) is 4. The summed E-state index contributed by atoms with van der Waals surface area (Å²) in [6.07, 6.45) is 32.0. The number of allylic oxidation sites excluding steroid dienone is 9. The van der Waals surface area contributed by atoms with E-state index in [1.807, 2.05) is 12.1 Å². The number of benzene rings is 1. The van der Waals surface area contributed by atoms with Gasteiger partial charge in [-0.1, -0.05) is 110 Å². The van der Waals surface area contributed by atoms with Crippen LogP contribution in [0.25, 0.3) is 5.57 Å². The number of nitriles is 1. The number of aromatic nitrogens is 1. The highest BCUT2D eigenvalue weighted by Crippen LogP contribution is 2.50. The standard InChI is InChI=1S/C37H36N4/c1-37(24-10-9-18-31(37)32-19-12-14-28(26-38)39-32)27-13-11-17-30(25-27)41-35-22-7-5-20-33(35)40(29-15-3-2-4-16-29)34-21-6-8-23-36(34)41/h2-7,9-22,30,33-36H,8,23-25H2,1H3. The summed E-state index contributed by atoms with van der Waals surface area (Å²) < 4.78 is 0. The third kappa shape index (κ3) is 4.46. The van der Waals surface area contributed by atoms with Crippen molar-refractivity contribution in [3.63, 3.8) is 0 Å². The Morgan fingerprint density at radius 2 is 1.71 bits per heavy atom. The third-order valence-electron chi connectivity index (χ3n) is 9.67. The molecular formula is C37H36N4. The molecule has 0 amide bonds. The first kappa shape index (κ1) is 25.7. The molecule has 204 valence electrons. The Kier molecular flexibility index (Phi) is 6.69. The molecule has 7 rings (SSSR count). The van der Waals surface area contributed by atoms with Gasteiger partial charge in [0.2, 0.25) is 0 Å². The summed E-state index contributed by atoms with van der Waals surface area (Å²) in [6, 6.07) is 20.6. The minimum atomic E-state index is -0.182. The number of pyridine rings is 1. The summed E-state index contributed by atoms with van der Waals surface area (Å²) in [4.78, 5) is 10.2. The van der Waals surface area contributed by atoms with E-state index in [4.69, 9.17) is 4.98 Å². The SMILES string of the molecule is CC1(C2=CC=CC(N3C4C=CC=CC4N(c4ccccc4)C4C=CCCC43)C2)CC=CC=C1c1cccc(C#N)n1. The van der Waals surface area contributed by atoms with E-state index in [0.717, 1.165) is 31.4 Å². The smallest absolute Gasteiger partial charge is 0.141 e. The Morgan fingerprint density at radius 3 is 2.56 bits per heavy atom. The van der Waals surface area contributed by atoms with E-state index < -0.39 is 0 Å². The lowest BCUT2D eigenvalue weighted by atomic mass is 9.66. The molecule has 1 aromatic carbocycles. The second-order valence-corrected chi connectivity index (χ2v) is 11.9. The van der Waals surface area contributed by atoms with E-state index >= 15 is 0 Å². The monoisotopic (exact) mass is 536 g/mol. The van der Waals surface area contributed by atoms with E-state index in [1.54, 1.807) is 6.07 Å². The van der Waals surface area contributed by atoms with Gasteiger partial charge in [0.05, 0.1) is 23.8 Å². The maximum absolute atomic E-state index is 9.51. The van der Waals surface area contributed by atoms with Gasteiger partial charge in [-0.15, -0.1) is 0 Å². The quantitative estimate of drug-likeness (QED) is 0.384. The summed E-state index contributed by atoms with van der Waals surface area (Å²) in [5.41, 5.74) is 5.11. The molecule has 2 aromatic rings. The number of para-hydroxylation sites is 1. The molecule has 1 aliphatic heterocycles. The molecule has 0 bridgehead atoms. The normalized spacial score (nSPS) is 32.1. The summed E-state index contributed by atoms with van der Waals surface area (Å²) in [5.74, 6) is 0. The van der Waals surface area contributed by atoms with Crippen molar-refractivity contribution in [2.24, 2.45) is 5.41 Å². The Labute approximate surface area is 243 Å². The molecule has 1 fully saturated rings. The Morgan fingerprint density at radius 1 is 0.854 bits per heavy atom. The Bertz CT molecular complexity index is 1560. The molecule has 0 saturated carbocycles. The van der Waals surface area contributed by atoms with Crippen LogP contribution in [0.5, 0.6) is 0 Å². The lowest BCUT2D eigenvalue weighted by molar-refractivity contribution is 0.0614. The molecule has 1 saturated heterocycles. The summed E-state index contributed by atoms with van der Waals surface area (Å²) in [7, 11) is 0. The molecule has 6 unspecified atom stereocenters. The summed E-state index contributed by atoms with van der Waals surface area (Å²) in [6.45, 7) is 2.36. The van der Waals surface area contributed by atoms with Crippen molar-refractivity contribution in [1.29, 1.82) is 5.26 Å². The van der Waals surface area contributed by atoms with Crippen molar-refractivity contribution in [3.05, 3.63) is 138 Å². The van der Waals surface area contributed by atoms with Crippen LogP contribution in [0.4, 0.5) is 5.69 Å². The van der Waals surface area contributed by atoms with E-state index in [1.165, 1.54) is 16.8 Å². The van der Waals surface area contributed by atoms with Gasteiger partial charge in [0, 0.05) is 23.2 Å². The van der Waals surface area contributed by atoms with Crippen LogP contribution >= 0.6 is 0 Å². The maximum Gasteiger partial charge on any atom is 0.141 e. The van der Waals surface area contributed by atoms with Crippen LogP contribution in [0.15, 0.2) is 127 Å². The molecule has 4 aliphatic carbocycles. The van der Waals surface area contributed by atoms with Crippen LogP contribution in [0.2, 0.25) is 0 Å². The van der Waals surface area contributed by atoms with E-state index in [9.17, 15) is 5.26 Å². The van der Waals surface area contributed by atoms with Crippen molar-refractivity contribution in [3.8, 4) is 6.07 Å². The predicted octanol–water partition coefficient (Wildman–Crippen LogP) is 7.33. The van der Waals surface area contributed by atoms with E-state index in [-0.39, 0.29) is 11.5 Å². The molecule has 0 N–H and O–H groups in total. The van der Waals surface area contributed by atoms with Crippen LogP contribution in [-0.4, -0.2) is 40.1 Å². The molecule has 2 heterocycles. The molecule has 1 aromatic heterocycles. The topological polar surface area (TPSA) is 43.2 Å². The first-order valence-corrected chi connectivity index (χ1v) is 14.9. The van der Waals surface area contributed by atoms with Gasteiger partial charge in [0.15, 0.2) is 0 Å². The van der Waals surface area contributed by atoms with Gasteiger partial charge in [-0.2, -0.15) is 5.26 Å². The van der Waals surface area contributed by atoms with Gasteiger partial charge >= 0.3 is 0 Å². The van der Waals surface area contributed by atoms with Gasteiger partial charge < -0.3 is 4.90 Å². The second-order valence-electron chi connectivity index (χ2n) is 11.9. The zero-order valence-electron chi connectivity index (χ0n) is 23.6. The molecule has 5 aliphatic rings. The van der Waals surface area contributed by atoms with Gasteiger partial charge in [-0.05, 0) is 55.5 Å². The highest BCUT2D eigenvalue weighted by molar-refractivity contribution is 5.74. The Balaban J connectivity index is 1.23. The lowest BCUT2D eigenvalue weighted by Crippen LogP contribution is -2.70. The van der Waals surface area contributed by atoms with Crippen molar-refractivity contribution >= 4 is 11.3 Å². The van der Waals surface area contributed by atoms with Gasteiger partial charge in [-0.25, -0.2) is 4.98 Å². The van der Waals surface area contributed by atoms with Gasteiger partial charge in [0.25, 0.3) is 0 Å². The zero-order chi connectivity index (χ0) is 27.8.